The second kappa shape index (κ2) is 10.2. The molecule has 1 saturated heterocycles. The van der Waals surface area contributed by atoms with E-state index in [4.69, 9.17) is 4.74 Å². The number of rotatable bonds is 4. The number of amides is 3. The summed E-state index contributed by atoms with van der Waals surface area (Å²) < 4.78 is 6.42. The molecule has 176 valence electrons. The Hall–Kier alpha value is -2.42. The van der Waals surface area contributed by atoms with E-state index >= 15 is 0 Å². The number of nitrogens with zero attached hydrogens (tertiary/aromatic N) is 2. The summed E-state index contributed by atoms with van der Waals surface area (Å²) in [6, 6.07) is 12.6. The second-order valence-corrected chi connectivity index (χ2v) is 9.93. The first-order chi connectivity index (χ1) is 15.8. The van der Waals surface area contributed by atoms with Crippen LogP contribution in [0.15, 0.2) is 46.9 Å². The zero-order chi connectivity index (χ0) is 23.5. The molecule has 0 bridgehead atoms. The number of nitrogens with one attached hydrogen (secondary N) is 2. The Morgan fingerprint density at radius 1 is 1.06 bits per heavy atom. The highest BCUT2D eigenvalue weighted by Gasteiger charge is 2.40. The topological polar surface area (TPSA) is 73.9 Å². The summed E-state index contributed by atoms with van der Waals surface area (Å²) in [7, 11) is 3.76. The summed E-state index contributed by atoms with van der Waals surface area (Å²) in [5.74, 6) is 0.195. The van der Waals surface area contributed by atoms with Crippen LogP contribution in [0.2, 0.25) is 0 Å². The molecule has 3 amide bonds. The van der Waals surface area contributed by atoms with Gasteiger partial charge >= 0.3 is 6.03 Å². The molecule has 0 spiro atoms. The molecule has 2 heterocycles. The van der Waals surface area contributed by atoms with Crippen molar-refractivity contribution in [2.24, 2.45) is 0 Å². The molecule has 0 aromatic heterocycles. The number of halogens is 1. The monoisotopic (exact) mass is 514 g/mol. The van der Waals surface area contributed by atoms with Crippen LogP contribution in [0.5, 0.6) is 0 Å². The Morgan fingerprint density at radius 3 is 2.52 bits per heavy atom. The van der Waals surface area contributed by atoms with Crippen molar-refractivity contribution in [1.82, 2.24) is 9.80 Å². The molecule has 3 atom stereocenters. The molecule has 0 aliphatic carbocycles. The number of ether oxygens (including phenoxy) is 1. The number of hydrogen-bond acceptors (Lipinski definition) is 4. The van der Waals surface area contributed by atoms with E-state index in [1.165, 1.54) is 11.1 Å². The Labute approximate surface area is 203 Å². The molecule has 1 fully saturated rings. The summed E-state index contributed by atoms with van der Waals surface area (Å²) in [5.41, 5.74) is 4.06. The number of carbonyl (C=O) groups excluding carboxylic acids is 2. The van der Waals surface area contributed by atoms with Crippen molar-refractivity contribution in [3.05, 3.63) is 58.1 Å². The largest absolute Gasteiger partial charge is 0.380 e. The van der Waals surface area contributed by atoms with E-state index in [9.17, 15) is 9.59 Å². The lowest BCUT2D eigenvalue weighted by Crippen LogP contribution is -2.45. The molecule has 2 aromatic carbocycles. The molecular formula is C25H31BrN4O3. The SMILES string of the molecule is COC1C[C@H](C(=O)Nc2ccc3c(c2)C(C)CN(C)CC3)N(C(=O)Nc2ccc(Br)cc2)C1. The van der Waals surface area contributed by atoms with Gasteiger partial charge in [-0.1, -0.05) is 28.9 Å². The van der Waals surface area contributed by atoms with E-state index in [0.29, 0.717) is 24.6 Å². The van der Waals surface area contributed by atoms with Gasteiger partial charge in [0.05, 0.1) is 6.10 Å². The molecule has 2 aliphatic heterocycles. The van der Waals surface area contributed by atoms with Gasteiger partial charge in [-0.3, -0.25) is 4.79 Å². The lowest BCUT2D eigenvalue weighted by molar-refractivity contribution is -0.119. The van der Waals surface area contributed by atoms with E-state index in [-0.39, 0.29) is 18.0 Å². The fourth-order valence-corrected chi connectivity index (χ4v) is 4.99. The zero-order valence-corrected chi connectivity index (χ0v) is 20.9. The molecule has 8 heteroatoms. The molecule has 2 aliphatic rings. The molecule has 4 rings (SSSR count). The summed E-state index contributed by atoms with van der Waals surface area (Å²) in [4.78, 5) is 30.2. The maximum Gasteiger partial charge on any atom is 0.322 e. The van der Waals surface area contributed by atoms with Crippen molar-refractivity contribution >= 4 is 39.2 Å². The molecule has 0 saturated carbocycles. The van der Waals surface area contributed by atoms with Crippen molar-refractivity contribution in [2.75, 3.05) is 44.4 Å². The Bertz CT molecular complexity index is 1010. The predicted octanol–water partition coefficient (Wildman–Crippen LogP) is 4.30. The summed E-state index contributed by atoms with van der Waals surface area (Å²) >= 11 is 3.39. The van der Waals surface area contributed by atoms with E-state index in [1.807, 2.05) is 30.3 Å². The van der Waals surface area contributed by atoms with Gasteiger partial charge in [0, 0.05) is 49.0 Å². The fraction of sp³-hybridized carbons (Fsp3) is 0.440. The number of anilines is 2. The second-order valence-electron chi connectivity index (χ2n) is 9.01. The minimum atomic E-state index is -0.604. The van der Waals surface area contributed by atoms with Gasteiger partial charge in [-0.15, -0.1) is 0 Å². The van der Waals surface area contributed by atoms with E-state index < -0.39 is 6.04 Å². The van der Waals surface area contributed by atoms with Gasteiger partial charge in [-0.2, -0.15) is 0 Å². The third-order valence-corrected chi connectivity index (χ3v) is 7.08. The number of carbonyl (C=O) groups is 2. The first-order valence-corrected chi connectivity index (χ1v) is 12.1. The van der Waals surface area contributed by atoms with Gasteiger partial charge in [0.25, 0.3) is 0 Å². The van der Waals surface area contributed by atoms with Crippen LogP contribution in [0, 0.1) is 0 Å². The van der Waals surface area contributed by atoms with E-state index in [2.05, 4.69) is 57.6 Å². The van der Waals surface area contributed by atoms with Gasteiger partial charge in [-0.25, -0.2) is 4.79 Å². The van der Waals surface area contributed by atoms with Crippen molar-refractivity contribution in [1.29, 1.82) is 0 Å². The molecule has 0 radical (unpaired) electrons. The third kappa shape index (κ3) is 5.57. The van der Waals surface area contributed by atoms with E-state index in [0.717, 1.165) is 29.7 Å². The number of benzene rings is 2. The summed E-state index contributed by atoms with van der Waals surface area (Å²) in [6.45, 7) is 4.61. The summed E-state index contributed by atoms with van der Waals surface area (Å²) in [6.07, 6.45) is 1.29. The standard InChI is InChI=1S/C25H31BrN4O3/c1-16-14-29(2)11-10-17-4-7-20(12-22(16)17)27-24(31)23-13-21(33-3)15-30(23)25(32)28-19-8-5-18(26)6-9-19/h4-9,12,16,21,23H,10-11,13-15H2,1-3H3,(H,27,31)(H,28,32)/t16?,21?,23-/m1/s1. The fourth-order valence-electron chi connectivity index (χ4n) is 4.72. The van der Waals surface area contributed by atoms with E-state index in [1.54, 1.807) is 12.0 Å². The van der Waals surface area contributed by atoms with Crippen LogP contribution in [0.1, 0.15) is 30.4 Å². The van der Waals surface area contributed by atoms with Crippen LogP contribution in [0.3, 0.4) is 0 Å². The van der Waals surface area contributed by atoms with Crippen LogP contribution in [0.25, 0.3) is 0 Å². The van der Waals surface area contributed by atoms with Gasteiger partial charge in [0.1, 0.15) is 6.04 Å². The lowest BCUT2D eigenvalue weighted by atomic mass is 9.94. The van der Waals surface area contributed by atoms with Gasteiger partial charge in [0.15, 0.2) is 0 Å². The number of fused-ring (bicyclic) bond motifs is 1. The molecule has 2 N–H and O–H groups in total. The lowest BCUT2D eigenvalue weighted by Gasteiger charge is -2.24. The molecule has 2 unspecified atom stereocenters. The summed E-state index contributed by atoms with van der Waals surface area (Å²) in [5, 5.41) is 5.94. The highest BCUT2D eigenvalue weighted by molar-refractivity contribution is 9.10. The maximum atomic E-state index is 13.3. The van der Waals surface area contributed by atoms with Crippen LogP contribution >= 0.6 is 15.9 Å². The van der Waals surface area contributed by atoms with Crippen LogP contribution in [-0.4, -0.2) is 67.7 Å². The minimum Gasteiger partial charge on any atom is -0.380 e. The smallest absolute Gasteiger partial charge is 0.322 e. The van der Waals surface area contributed by atoms with Crippen molar-refractivity contribution in [3.63, 3.8) is 0 Å². The Kier molecular flexibility index (Phi) is 7.36. The highest BCUT2D eigenvalue weighted by Crippen LogP contribution is 2.29. The molecule has 2 aromatic rings. The normalized spacial score (nSPS) is 23.0. The average molecular weight is 515 g/mol. The number of likely N-dealkylation sites (tertiary alicyclic amines) is 1. The molecule has 33 heavy (non-hydrogen) atoms. The number of methoxy groups -OCH3 is 1. The number of hydrogen-bond donors (Lipinski definition) is 2. The van der Waals surface area contributed by atoms with Crippen LogP contribution in [0.4, 0.5) is 16.2 Å². The number of urea groups is 1. The van der Waals surface area contributed by atoms with Crippen LogP contribution < -0.4 is 10.6 Å². The van der Waals surface area contributed by atoms with Gasteiger partial charge in [0.2, 0.25) is 5.91 Å². The Morgan fingerprint density at radius 2 is 1.79 bits per heavy atom. The van der Waals surface area contributed by atoms with Gasteiger partial charge < -0.3 is 25.2 Å². The van der Waals surface area contributed by atoms with Crippen molar-refractivity contribution in [2.45, 2.75) is 37.8 Å². The highest BCUT2D eigenvalue weighted by atomic mass is 79.9. The van der Waals surface area contributed by atoms with Crippen molar-refractivity contribution in [3.8, 4) is 0 Å². The van der Waals surface area contributed by atoms with Gasteiger partial charge in [-0.05, 0) is 66.9 Å². The first kappa shape index (κ1) is 23.7. The zero-order valence-electron chi connectivity index (χ0n) is 19.3. The predicted molar refractivity (Wildman–Crippen MR) is 134 cm³/mol. The quantitative estimate of drug-likeness (QED) is 0.637. The maximum absolute atomic E-state index is 13.3. The average Bonchev–Trinajstić information content (AvgIpc) is 3.19. The molecule has 7 nitrogen and oxygen atoms in total. The Balaban J connectivity index is 1.48. The molecular weight excluding hydrogens is 484 g/mol. The minimum absolute atomic E-state index is 0.181. The number of likely N-dealkylation sites (N-methyl/N-ethyl adjacent to an activating group) is 1. The van der Waals surface area contributed by atoms with Crippen LogP contribution in [-0.2, 0) is 16.0 Å². The third-order valence-electron chi connectivity index (χ3n) is 6.55. The van der Waals surface area contributed by atoms with Crippen molar-refractivity contribution < 1.29 is 14.3 Å². The first-order valence-electron chi connectivity index (χ1n) is 11.3.